The molecular weight excluding hydrogens is 327 g/mol. The van der Waals surface area contributed by atoms with Gasteiger partial charge in [0, 0.05) is 6.07 Å². The van der Waals surface area contributed by atoms with Gasteiger partial charge in [0.1, 0.15) is 0 Å². The van der Waals surface area contributed by atoms with Crippen molar-refractivity contribution >= 4 is 17.6 Å². The largest absolute Gasteiger partial charge is 0.461 e. The van der Waals surface area contributed by atoms with E-state index in [0.29, 0.717) is 4.90 Å². The quantitative estimate of drug-likeness (QED) is 0.626. The van der Waals surface area contributed by atoms with Crippen molar-refractivity contribution in [1.82, 2.24) is 5.16 Å². The van der Waals surface area contributed by atoms with E-state index in [9.17, 15) is 31.5 Å². The SMILES string of the molecule is O=C1c2ccccc2C(=O)N1c1cc(C(F)(F)C(F)(F)F)on1. The number of nitrogens with zero attached hydrogens (tertiary/aromatic N) is 2. The van der Waals surface area contributed by atoms with E-state index in [0.717, 1.165) is 0 Å². The predicted molar refractivity (Wildman–Crippen MR) is 64.0 cm³/mol. The molecule has 0 saturated heterocycles. The molecule has 0 spiro atoms. The highest BCUT2D eigenvalue weighted by atomic mass is 19.4. The Kier molecular flexibility index (Phi) is 3.03. The number of aromatic nitrogens is 1. The minimum Gasteiger partial charge on any atom is -0.352 e. The van der Waals surface area contributed by atoms with E-state index in [4.69, 9.17) is 0 Å². The fourth-order valence-corrected chi connectivity index (χ4v) is 2.06. The van der Waals surface area contributed by atoms with Crippen molar-refractivity contribution in [2.24, 2.45) is 0 Å². The molecule has 0 fully saturated rings. The third-order valence-corrected chi connectivity index (χ3v) is 3.19. The van der Waals surface area contributed by atoms with Gasteiger partial charge >= 0.3 is 12.1 Å². The monoisotopic (exact) mass is 332 g/mol. The lowest BCUT2D eigenvalue weighted by Gasteiger charge is -2.15. The number of imide groups is 1. The summed E-state index contributed by atoms with van der Waals surface area (Å²) in [4.78, 5) is 24.5. The summed E-state index contributed by atoms with van der Waals surface area (Å²) >= 11 is 0. The molecule has 5 nitrogen and oxygen atoms in total. The number of hydrogen-bond acceptors (Lipinski definition) is 4. The van der Waals surface area contributed by atoms with Crippen molar-refractivity contribution in [2.75, 3.05) is 4.90 Å². The Balaban J connectivity index is 2.00. The molecule has 1 aliphatic rings. The summed E-state index contributed by atoms with van der Waals surface area (Å²) in [5.41, 5.74) is -0.0192. The second-order valence-electron chi connectivity index (χ2n) is 4.61. The molecule has 3 rings (SSSR count). The lowest BCUT2D eigenvalue weighted by molar-refractivity contribution is -0.296. The molecule has 0 aliphatic carbocycles. The van der Waals surface area contributed by atoms with Gasteiger partial charge in [0.25, 0.3) is 11.8 Å². The first-order chi connectivity index (χ1) is 10.6. The number of halogens is 5. The summed E-state index contributed by atoms with van der Waals surface area (Å²) < 4.78 is 67.2. The summed E-state index contributed by atoms with van der Waals surface area (Å²) in [6.07, 6.45) is -5.90. The predicted octanol–water partition coefficient (Wildman–Crippen LogP) is 3.13. The van der Waals surface area contributed by atoms with Gasteiger partial charge in [0.05, 0.1) is 11.1 Å². The highest BCUT2D eigenvalue weighted by molar-refractivity contribution is 6.34. The van der Waals surface area contributed by atoms with Crippen molar-refractivity contribution in [1.29, 1.82) is 0 Å². The maximum Gasteiger partial charge on any atom is 0.461 e. The van der Waals surface area contributed by atoms with Crippen LogP contribution in [0.15, 0.2) is 34.9 Å². The zero-order valence-corrected chi connectivity index (χ0v) is 10.9. The van der Waals surface area contributed by atoms with E-state index in [1.807, 2.05) is 0 Å². The van der Waals surface area contributed by atoms with Crippen LogP contribution in [0, 0.1) is 0 Å². The van der Waals surface area contributed by atoms with E-state index in [-0.39, 0.29) is 17.2 Å². The normalized spacial score (nSPS) is 15.3. The standard InChI is InChI=1S/C13H5F5N2O3/c14-12(15,13(16,17)18)8-5-9(19-23-8)20-10(21)6-3-1-2-4-7(6)11(20)22/h1-5H. The molecule has 2 amide bonds. The Labute approximate surface area is 124 Å². The van der Waals surface area contributed by atoms with Crippen LogP contribution in [-0.2, 0) is 5.92 Å². The second-order valence-corrected chi connectivity index (χ2v) is 4.61. The highest BCUT2D eigenvalue weighted by Crippen LogP contribution is 2.45. The number of anilines is 1. The molecule has 1 aliphatic heterocycles. The Morgan fingerprint density at radius 2 is 1.48 bits per heavy atom. The smallest absolute Gasteiger partial charge is 0.352 e. The van der Waals surface area contributed by atoms with Crippen molar-refractivity contribution in [3.63, 3.8) is 0 Å². The van der Waals surface area contributed by atoms with Crippen molar-refractivity contribution < 1.29 is 36.1 Å². The van der Waals surface area contributed by atoms with Gasteiger partial charge in [-0.05, 0) is 12.1 Å². The average molecular weight is 332 g/mol. The molecule has 1 aromatic heterocycles. The summed E-state index contributed by atoms with van der Waals surface area (Å²) in [5.74, 6) is -9.62. The van der Waals surface area contributed by atoms with E-state index >= 15 is 0 Å². The molecule has 0 saturated carbocycles. The molecule has 120 valence electrons. The first kappa shape index (κ1) is 15.1. The van der Waals surface area contributed by atoms with Crippen LogP contribution in [0.2, 0.25) is 0 Å². The first-order valence-electron chi connectivity index (χ1n) is 6.04. The van der Waals surface area contributed by atoms with Crippen LogP contribution in [0.25, 0.3) is 0 Å². The molecule has 0 unspecified atom stereocenters. The summed E-state index contributed by atoms with van der Waals surface area (Å²) in [5, 5.41) is 2.99. The third-order valence-electron chi connectivity index (χ3n) is 3.19. The molecule has 0 bridgehead atoms. The Morgan fingerprint density at radius 1 is 0.957 bits per heavy atom. The van der Waals surface area contributed by atoms with Crippen LogP contribution in [0.4, 0.5) is 27.8 Å². The minimum absolute atomic E-state index is 0.00960. The Morgan fingerprint density at radius 3 is 1.96 bits per heavy atom. The van der Waals surface area contributed by atoms with Gasteiger partial charge in [-0.2, -0.15) is 22.0 Å². The van der Waals surface area contributed by atoms with Gasteiger partial charge in [-0.15, -0.1) is 0 Å². The lowest BCUT2D eigenvalue weighted by Crippen LogP contribution is -2.33. The van der Waals surface area contributed by atoms with E-state index in [2.05, 4.69) is 9.68 Å². The second kappa shape index (κ2) is 4.61. The Hall–Kier alpha value is -2.78. The van der Waals surface area contributed by atoms with Crippen LogP contribution in [0.5, 0.6) is 0 Å². The van der Waals surface area contributed by atoms with Gasteiger partial charge in [-0.25, -0.2) is 4.90 Å². The number of rotatable bonds is 2. The van der Waals surface area contributed by atoms with E-state index in [1.165, 1.54) is 24.3 Å². The number of amides is 2. The molecular formula is C13H5F5N2O3. The van der Waals surface area contributed by atoms with E-state index < -0.39 is 35.5 Å². The van der Waals surface area contributed by atoms with Crippen LogP contribution in [-0.4, -0.2) is 23.1 Å². The number of hydrogen-bond donors (Lipinski definition) is 0. The van der Waals surface area contributed by atoms with Crippen molar-refractivity contribution in [2.45, 2.75) is 12.1 Å². The van der Waals surface area contributed by atoms with Crippen LogP contribution < -0.4 is 4.90 Å². The summed E-state index contributed by atoms with van der Waals surface area (Å²) in [7, 11) is 0. The lowest BCUT2D eigenvalue weighted by atomic mass is 10.1. The van der Waals surface area contributed by atoms with Crippen LogP contribution in [0.3, 0.4) is 0 Å². The van der Waals surface area contributed by atoms with E-state index in [1.54, 1.807) is 0 Å². The molecule has 23 heavy (non-hydrogen) atoms. The van der Waals surface area contributed by atoms with Gasteiger partial charge in [-0.3, -0.25) is 9.59 Å². The van der Waals surface area contributed by atoms with Gasteiger partial charge in [0.2, 0.25) is 5.76 Å². The number of benzene rings is 1. The number of fused-ring (bicyclic) bond motifs is 1. The maximum atomic E-state index is 13.2. The third kappa shape index (κ3) is 2.09. The zero-order valence-electron chi connectivity index (χ0n) is 10.9. The molecule has 2 aromatic rings. The highest BCUT2D eigenvalue weighted by Gasteiger charge is 2.62. The average Bonchev–Trinajstić information content (AvgIpc) is 3.04. The summed E-state index contributed by atoms with van der Waals surface area (Å²) in [6.45, 7) is 0. The van der Waals surface area contributed by atoms with Gasteiger partial charge in [0.15, 0.2) is 5.82 Å². The number of carbonyl (C=O) groups excluding carboxylic acids is 2. The number of carbonyl (C=O) groups is 2. The van der Waals surface area contributed by atoms with Crippen molar-refractivity contribution in [3.05, 3.63) is 47.2 Å². The molecule has 2 heterocycles. The van der Waals surface area contributed by atoms with Gasteiger partial charge in [-0.1, -0.05) is 17.3 Å². The van der Waals surface area contributed by atoms with Crippen LogP contribution >= 0.6 is 0 Å². The first-order valence-corrected chi connectivity index (χ1v) is 6.04. The van der Waals surface area contributed by atoms with Crippen LogP contribution in [0.1, 0.15) is 26.5 Å². The van der Waals surface area contributed by atoms with Crippen molar-refractivity contribution in [3.8, 4) is 0 Å². The minimum atomic E-state index is -5.90. The summed E-state index contributed by atoms with van der Waals surface area (Å²) in [6, 6.07) is 5.80. The maximum absolute atomic E-state index is 13.2. The Bertz CT molecular complexity index is 777. The fourth-order valence-electron chi connectivity index (χ4n) is 2.06. The molecule has 0 atom stereocenters. The number of alkyl halides is 5. The zero-order chi connectivity index (χ0) is 17.0. The molecule has 0 radical (unpaired) electrons. The molecule has 1 aromatic carbocycles. The fraction of sp³-hybridized carbons (Fsp3) is 0.154. The molecule has 10 heteroatoms. The van der Waals surface area contributed by atoms with Gasteiger partial charge < -0.3 is 4.52 Å². The topological polar surface area (TPSA) is 63.4 Å². The molecule has 0 N–H and O–H groups in total.